The molecule has 0 radical (unpaired) electrons. The first kappa shape index (κ1) is 64.8. The lowest BCUT2D eigenvalue weighted by Crippen LogP contribution is -2.26. The Morgan fingerprint density at radius 2 is 0.838 bits per heavy atom. The number of aromatic nitrogens is 4. The van der Waals surface area contributed by atoms with Gasteiger partial charge >= 0.3 is 17.9 Å². The number of anilines is 2. The third-order valence-corrected chi connectivity index (χ3v) is 24.4. The predicted molar refractivity (Wildman–Crippen MR) is 399 cm³/mol. The summed E-state index contributed by atoms with van der Waals surface area (Å²) in [5.74, 6) is 1.60. The van der Waals surface area contributed by atoms with Gasteiger partial charge in [0.25, 0.3) is 0 Å². The molecule has 99 heavy (non-hydrogen) atoms. The largest absolute Gasteiger partial charge is 0.478 e. The molecule has 18 rings (SSSR count). The van der Waals surface area contributed by atoms with E-state index >= 15 is 0 Å². The number of rotatable bonds is 9. The Morgan fingerprint density at radius 3 is 1.25 bits per heavy atom. The van der Waals surface area contributed by atoms with Gasteiger partial charge in [0.05, 0.1) is 53.5 Å². The third-order valence-electron chi connectivity index (χ3n) is 24.4. The van der Waals surface area contributed by atoms with Crippen LogP contribution in [0.15, 0.2) is 115 Å². The number of carboxylic acid groups (broad SMARTS) is 1. The molecule has 3 saturated carbocycles. The number of methoxy groups -OCH3 is 2. The highest BCUT2D eigenvalue weighted by molar-refractivity contribution is 6.12. The maximum atomic E-state index is 12.5. The molecular weight excluding hydrogens is 1230 g/mol. The molecule has 2 unspecified atom stereocenters. The minimum atomic E-state index is -0.843. The number of aryl methyl sites for hydroxylation is 4. The van der Waals surface area contributed by atoms with E-state index in [2.05, 4.69) is 121 Å². The molecule has 13 heteroatoms. The van der Waals surface area contributed by atoms with Crippen LogP contribution in [0.3, 0.4) is 0 Å². The van der Waals surface area contributed by atoms with E-state index in [4.69, 9.17) is 9.47 Å². The average molecular weight is 1330 g/mol. The summed E-state index contributed by atoms with van der Waals surface area (Å²) in [5.41, 5.74) is 25.4. The van der Waals surface area contributed by atoms with Crippen molar-refractivity contribution in [1.29, 1.82) is 0 Å². The highest BCUT2D eigenvalue weighted by Gasteiger charge is 2.39. The zero-order valence-corrected chi connectivity index (χ0v) is 58.7. The van der Waals surface area contributed by atoms with E-state index in [1.807, 2.05) is 30.5 Å². The van der Waals surface area contributed by atoms with Gasteiger partial charge in [0.1, 0.15) is 0 Å². The van der Waals surface area contributed by atoms with E-state index in [1.165, 1.54) is 218 Å². The van der Waals surface area contributed by atoms with Gasteiger partial charge in [0.15, 0.2) is 5.78 Å². The molecule has 0 spiro atoms. The lowest BCUT2D eigenvalue weighted by atomic mass is 9.81. The molecule has 0 saturated heterocycles. The van der Waals surface area contributed by atoms with Crippen LogP contribution in [-0.2, 0) is 35.7 Å². The van der Waals surface area contributed by atoms with Crippen molar-refractivity contribution >= 4 is 78.7 Å². The second kappa shape index (κ2) is 27.0. The molecule has 512 valence electrons. The first-order chi connectivity index (χ1) is 48.5. The monoisotopic (exact) mass is 1320 g/mol. The molecule has 1 N–H and O–H groups in total. The minimum Gasteiger partial charge on any atom is -0.478 e. The van der Waals surface area contributed by atoms with E-state index in [0.717, 1.165) is 99.1 Å². The lowest BCUT2D eigenvalue weighted by Gasteiger charge is -2.29. The maximum Gasteiger partial charge on any atom is 0.337 e. The van der Waals surface area contributed by atoms with Crippen molar-refractivity contribution in [1.82, 2.24) is 18.3 Å². The third kappa shape index (κ3) is 11.2. The Kier molecular flexibility index (Phi) is 17.7. The predicted octanol–water partition coefficient (Wildman–Crippen LogP) is 20.3. The molecule has 9 heterocycles. The van der Waals surface area contributed by atoms with Gasteiger partial charge in [-0.25, -0.2) is 14.4 Å². The summed E-state index contributed by atoms with van der Waals surface area (Å²) < 4.78 is 19.8. The highest BCUT2D eigenvalue weighted by Crippen LogP contribution is 2.54. The Labute approximate surface area is 582 Å². The van der Waals surface area contributed by atoms with Crippen molar-refractivity contribution in [3.63, 3.8) is 0 Å². The van der Waals surface area contributed by atoms with Crippen LogP contribution in [-0.4, -0.2) is 87.5 Å². The summed E-state index contributed by atoms with van der Waals surface area (Å²) in [4.78, 5) is 54.3. The van der Waals surface area contributed by atoms with Gasteiger partial charge in [-0.1, -0.05) is 144 Å². The fraction of sp³-hybridized carbons (Fsp3) is 0.442. The molecule has 8 aliphatic rings. The van der Waals surface area contributed by atoms with E-state index in [0.29, 0.717) is 46.3 Å². The number of nitrogens with zero attached hydrogens (tertiary/aromatic N) is 6. The fourth-order valence-corrected chi connectivity index (χ4v) is 19.9. The van der Waals surface area contributed by atoms with E-state index < -0.39 is 5.97 Å². The van der Waals surface area contributed by atoms with Crippen molar-refractivity contribution in [2.24, 2.45) is 0 Å². The molecule has 10 aromatic rings. The van der Waals surface area contributed by atoms with Gasteiger partial charge in [-0.05, 0) is 160 Å². The van der Waals surface area contributed by atoms with Crippen LogP contribution < -0.4 is 9.80 Å². The van der Waals surface area contributed by atoms with Crippen molar-refractivity contribution in [3.8, 4) is 33.8 Å². The number of carbonyl (C=O) groups is 4. The van der Waals surface area contributed by atoms with Crippen molar-refractivity contribution in [2.45, 2.75) is 205 Å². The van der Waals surface area contributed by atoms with Gasteiger partial charge in [0, 0.05) is 142 Å². The number of Topliss-reactive ketones (excluding diaryl/α,β-unsaturated/α-hetero) is 1. The van der Waals surface area contributed by atoms with Crippen LogP contribution in [0.4, 0.5) is 11.4 Å². The molecule has 2 atom stereocenters. The summed E-state index contributed by atoms with van der Waals surface area (Å²) >= 11 is 0. The van der Waals surface area contributed by atoms with Gasteiger partial charge in [0.2, 0.25) is 0 Å². The summed E-state index contributed by atoms with van der Waals surface area (Å²) in [5, 5.41) is 14.6. The van der Waals surface area contributed by atoms with Crippen molar-refractivity contribution < 1.29 is 33.8 Å². The zero-order chi connectivity index (χ0) is 67.7. The normalized spacial score (nSPS) is 19.0. The van der Waals surface area contributed by atoms with E-state index in [-0.39, 0.29) is 17.7 Å². The molecular formula is C86H96N6O7. The standard InChI is InChI=1S/C29H30N2O3.C29H34N2O2.C28H32N2O2/c1-18(32)24-17-30-14-7-15-31-25-16-20(29(33)34-2)12-13-22(25)26(19-8-4-3-5-9-19)28(31)23-11-6-10-21(24)27(23)30;1-3-19-18-30-15-8-16-31-25-17-21(29(32)33-2)13-14-23(25)26(20-9-5-4-6-10-20)28(31)24-12-7-11-22(19)27(24)30;1-2-18-17-29-14-7-15-30-24-16-20(28(31)32)12-13-22(24)25(19-8-4-3-5-9-19)27(30)23-11-6-10-21(18)26(23)29/h6,10-13,16-17,19H,3-5,7-9,14-15H2,1-2H3;7,11-14,17,19-20H,3-6,8-10,15-16,18H2,1-2H3;6,10-13,16,18-19H,2-5,7-9,14-15,17H2,1H3,(H,31,32). The topological polar surface area (TPSA) is 133 Å². The average Bonchev–Trinajstić information content (AvgIpc) is 1.58. The molecule has 0 bridgehead atoms. The van der Waals surface area contributed by atoms with Crippen LogP contribution in [0.1, 0.15) is 248 Å². The van der Waals surface area contributed by atoms with Crippen LogP contribution in [0.25, 0.3) is 77.4 Å². The number of aromatic carboxylic acids is 1. The molecule has 4 aromatic heterocycles. The second-order valence-electron chi connectivity index (χ2n) is 29.9. The number of carboxylic acids is 1. The summed E-state index contributed by atoms with van der Waals surface area (Å²) in [7, 11) is 2.90. The van der Waals surface area contributed by atoms with E-state index in [9.17, 15) is 24.3 Å². The number of ketones is 1. The van der Waals surface area contributed by atoms with Crippen LogP contribution in [0.5, 0.6) is 0 Å². The van der Waals surface area contributed by atoms with Crippen LogP contribution in [0, 0.1) is 0 Å². The molecule has 13 nitrogen and oxygen atoms in total. The first-order valence-electron chi connectivity index (χ1n) is 37.7. The van der Waals surface area contributed by atoms with Crippen LogP contribution >= 0.6 is 0 Å². The lowest BCUT2D eigenvalue weighted by molar-refractivity contribution is 0.0592. The number of benzene rings is 6. The molecule has 6 aromatic carbocycles. The fourth-order valence-electron chi connectivity index (χ4n) is 19.9. The number of hydrogen-bond donors (Lipinski definition) is 1. The van der Waals surface area contributed by atoms with E-state index in [1.54, 1.807) is 13.0 Å². The Morgan fingerprint density at radius 1 is 0.444 bits per heavy atom. The highest BCUT2D eigenvalue weighted by atomic mass is 16.5. The Hall–Kier alpha value is -8.84. The quantitative estimate of drug-likeness (QED) is 0.111. The smallest absolute Gasteiger partial charge is 0.337 e. The molecule has 5 aliphatic heterocycles. The number of hydrogen-bond acceptors (Lipinski definition) is 8. The maximum absolute atomic E-state index is 12.5. The van der Waals surface area contributed by atoms with Gasteiger partial charge in [-0.3, -0.25) is 4.79 Å². The van der Waals surface area contributed by atoms with Gasteiger partial charge in [-0.2, -0.15) is 0 Å². The Balaban J connectivity index is 0.000000116. The van der Waals surface area contributed by atoms with Gasteiger partial charge < -0.3 is 42.6 Å². The van der Waals surface area contributed by atoms with Crippen molar-refractivity contribution in [3.05, 3.63) is 165 Å². The minimum absolute atomic E-state index is 0.107. The zero-order valence-electron chi connectivity index (χ0n) is 58.7. The number of carbonyl (C=O) groups excluding carboxylic acids is 3. The number of fused-ring (bicyclic) bond motifs is 12. The summed E-state index contributed by atoms with van der Waals surface area (Å²) in [6, 6.07) is 38.4. The van der Waals surface area contributed by atoms with Crippen LogP contribution in [0.2, 0.25) is 0 Å². The van der Waals surface area contributed by atoms with Crippen molar-refractivity contribution in [2.75, 3.05) is 50.2 Å². The van der Waals surface area contributed by atoms with Gasteiger partial charge in [-0.15, -0.1) is 0 Å². The number of para-hydroxylation sites is 3. The Bertz CT molecular complexity index is 4820. The number of esters is 2. The number of ether oxygens (including phenoxy) is 2. The first-order valence-corrected chi connectivity index (χ1v) is 37.7. The molecule has 0 amide bonds. The molecule has 3 fully saturated rings. The summed E-state index contributed by atoms with van der Waals surface area (Å²) in [6.07, 6.45) is 26.7. The SMILES string of the molecule is CCC1CN2CCCn3c(c(C4CCCCC4)c4ccc(C(=O)O)cc43)-c3cccc1c32.CCC1CN2CCCn3c(c(C4CCCCC4)c4ccc(C(=O)OC)cc43)-c3cccc1c32.COC(=O)c1ccc2c(C3CCCCC3)c3n(c2c1)CCCn1cc(C(C)=O)c2cccc-3c21. The molecule has 3 aliphatic carbocycles. The second-order valence-corrected chi connectivity index (χ2v) is 29.9. The summed E-state index contributed by atoms with van der Waals surface area (Å²) in [6.45, 7) is 14.4.